The average Bonchev–Trinajstić information content (AvgIpc) is 2.79. The van der Waals surface area contributed by atoms with E-state index in [0.29, 0.717) is 12.5 Å². The summed E-state index contributed by atoms with van der Waals surface area (Å²) in [5.74, 6) is 0.0877. The predicted molar refractivity (Wildman–Crippen MR) is 135 cm³/mol. The van der Waals surface area contributed by atoms with Crippen LogP contribution < -0.4 is 9.47 Å². The molecular weight excluding hydrogens is 442 g/mol. The fraction of sp³-hybridized carbons (Fsp3) is 0.483. The first kappa shape index (κ1) is 26.5. The molecule has 0 atom stereocenters. The van der Waals surface area contributed by atoms with E-state index >= 15 is 0 Å². The van der Waals surface area contributed by atoms with Crippen LogP contribution in [0.25, 0.3) is 0 Å². The van der Waals surface area contributed by atoms with Crippen LogP contribution in [0.3, 0.4) is 0 Å². The van der Waals surface area contributed by atoms with Gasteiger partial charge in [-0.25, -0.2) is 0 Å². The number of amides is 1. The predicted octanol–water partition coefficient (Wildman–Crippen LogP) is 5.69. The highest BCUT2D eigenvalue weighted by atomic mass is 16.6. The van der Waals surface area contributed by atoms with E-state index in [-0.39, 0.29) is 23.4 Å². The van der Waals surface area contributed by atoms with Crippen molar-refractivity contribution in [2.45, 2.75) is 85.7 Å². The first-order valence-corrected chi connectivity index (χ1v) is 12.5. The second-order valence-corrected chi connectivity index (χ2v) is 9.75. The van der Waals surface area contributed by atoms with Crippen molar-refractivity contribution in [1.82, 2.24) is 4.90 Å². The molecule has 0 spiro atoms. The number of nitrogens with zero attached hydrogens (tertiary/aromatic N) is 1. The van der Waals surface area contributed by atoms with Crippen LogP contribution in [0.5, 0.6) is 11.5 Å². The Balaban J connectivity index is 1.61. The van der Waals surface area contributed by atoms with Crippen LogP contribution in [0.2, 0.25) is 0 Å². The first-order valence-electron chi connectivity index (χ1n) is 12.5. The SMILES string of the molecule is CC(=O)Oc1ccc(CN(C(C)=O)[C@H]2CC[C@H](CCc3ccc(C)c(C)c3)CC2)cc1OC(C)=O. The zero-order chi connectivity index (χ0) is 25.5. The van der Waals surface area contributed by atoms with Crippen molar-refractivity contribution < 1.29 is 23.9 Å². The fourth-order valence-corrected chi connectivity index (χ4v) is 4.89. The third-order valence-corrected chi connectivity index (χ3v) is 6.94. The van der Waals surface area contributed by atoms with Gasteiger partial charge in [0.1, 0.15) is 0 Å². The molecule has 6 heteroatoms. The number of benzene rings is 2. The quantitative estimate of drug-likeness (QED) is 0.359. The lowest BCUT2D eigenvalue weighted by atomic mass is 9.82. The Morgan fingerprint density at radius 3 is 2.03 bits per heavy atom. The Morgan fingerprint density at radius 1 is 0.800 bits per heavy atom. The van der Waals surface area contributed by atoms with E-state index in [1.165, 1.54) is 37.0 Å². The molecule has 0 N–H and O–H groups in total. The minimum absolute atomic E-state index is 0.0293. The number of hydrogen-bond acceptors (Lipinski definition) is 5. The molecule has 0 saturated heterocycles. The zero-order valence-corrected chi connectivity index (χ0v) is 21.6. The molecule has 0 unspecified atom stereocenters. The number of hydrogen-bond donors (Lipinski definition) is 0. The Bertz CT molecular complexity index is 1070. The number of carbonyl (C=O) groups is 3. The Hall–Kier alpha value is -3.15. The maximum atomic E-state index is 12.5. The molecule has 2 aromatic rings. The van der Waals surface area contributed by atoms with E-state index in [0.717, 1.165) is 37.7 Å². The van der Waals surface area contributed by atoms with Crippen LogP contribution in [0.4, 0.5) is 0 Å². The van der Waals surface area contributed by atoms with Gasteiger partial charge < -0.3 is 14.4 Å². The summed E-state index contributed by atoms with van der Waals surface area (Å²) in [4.78, 5) is 37.4. The molecule has 0 bridgehead atoms. The van der Waals surface area contributed by atoms with E-state index < -0.39 is 11.9 Å². The van der Waals surface area contributed by atoms with Crippen LogP contribution in [0.15, 0.2) is 36.4 Å². The maximum absolute atomic E-state index is 12.5. The monoisotopic (exact) mass is 479 g/mol. The van der Waals surface area contributed by atoms with Gasteiger partial charge in [-0.3, -0.25) is 14.4 Å². The van der Waals surface area contributed by atoms with Crippen molar-refractivity contribution in [2.75, 3.05) is 0 Å². The van der Waals surface area contributed by atoms with Crippen LogP contribution in [-0.2, 0) is 27.3 Å². The lowest BCUT2D eigenvalue weighted by molar-refractivity contribution is -0.134. The van der Waals surface area contributed by atoms with E-state index in [1.54, 1.807) is 25.1 Å². The van der Waals surface area contributed by atoms with Gasteiger partial charge in [0, 0.05) is 33.4 Å². The van der Waals surface area contributed by atoms with Gasteiger partial charge in [-0.05, 0) is 92.7 Å². The number of ether oxygens (including phenoxy) is 2. The minimum atomic E-state index is -0.502. The van der Waals surface area contributed by atoms with Crippen LogP contribution in [0, 0.1) is 19.8 Å². The second-order valence-electron chi connectivity index (χ2n) is 9.75. The summed E-state index contributed by atoms with van der Waals surface area (Å²) < 4.78 is 10.4. The Labute approximate surface area is 208 Å². The molecule has 0 aliphatic heterocycles. The maximum Gasteiger partial charge on any atom is 0.308 e. The van der Waals surface area contributed by atoms with Crippen molar-refractivity contribution in [1.29, 1.82) is 0 Å². The molecule has 1 fully saturated rings. The topological polar surface area (TPSA) is 72.9 Å². The van der Waals surface area contributed by atoms with Gasteiger partial charge in [-0.2, -0.15) is 0 Å². The molecule has 6 nitrogen and oxygen atoms in total. The van der Waals surface area contributed by atoms with E-state index in [4.69, 9.17) is 9.47 Å². The summed E-state index contributed by atoms with van der Waals surface area (Å²) in [5.41, 5.74) is 4.91. The molecule has 1 amide bonds. The van der Waals surface area contributed by atoms with Gasteiger partial charge >= 0.3 is 11.9 Å². The molecule has 0 radical (unpaired) electrons. The van der Waals surface area contributed by atoms with Crippen molar-refractivity contribution >= 4 is 17.8 Å². The normalized spacial score (nSPS) is 17.5. The summed E-state index contributed by atoms with van der Waals surface area (Å²) >= 11 is 0. The minimum Gasteiger partial charge on any atom is -0.423 e. The molecular formula is C29H37NO5. The first-order chi connectivity index (χ1) is 16.6. The average molecular weight is 480 g/mol. The standard InChI is InChI=1S/C29H37NO5/c1-19-6-7-25(16-20(19)2)9-8-24-10-13-27(14-11-24)30(21(3)31)18-26-12-15-28(34-22(4)32)29(17-26)35-23(5)33/h6-7,12,15-17,24,27H,8-11,13-14,18H2,1-5H3/t24-,27-. The highest BCUT2D eigenvalue weighted by Crippen LogP contribution is 2.33. The van der Waals surface area contributed by atoms with Crippen LogP contribution in [0.1, 0.15) is 75.1 Å². The zero-order valence-electron chi connectivity index (χ0n) is 21.6. The molecule has 0 heterocycles. The summed E-state index contributed by atoms with van der Waals surface area (Å²) in [7, 11) is 0. The van der Waals surface area contributed by atoms with Gasteiger partial charge in [0.15, 0.2) is 11.5 Å². The Morgan fingerprint density at radius 2 is 1.43 bits per heavy atom. The fourth-order valence-electron chi connectivity index (χ4n) is 4.89. The summed E-state index contributed by atoms with van der Waals surface area (Å²) in [6.45, 7) is 8.92. The van der Waals surface area contributed by atoms with Gasteiger partial charge in [0.05, 0.1) is 0 Å². The lowest BCUT2D eigenvalue weighted by Crippen LogP contribution is -2.40. The number of aryl methyl sites for hydroxylation is 3. The number of carbonyl (C=O) groups excluding carboxylic acids is 3. The van der Waals surface area contributed by atoms with Gasteiger partial charge in [0.25, 0.3) is 0 Å². The van der Waals surface area contributed by atoms with Crippen molar-refractivity contribution in [3.05, 3.63) is 58.7 Å². The van der Waals surface area contributed by atoms with Crippen LogP contribution in [-0.4, -0.2) is 28.8 Å². The molecule has 1 saturated carbocycles. The van der Waals surface area contributed by atoms with Crippen molar-refractivity contribution in [2.24, 2.45) is 5.92 Å². The third-order valence-electron chi connectivity index (χ3n) is 6.94. The van der Waals surface area contributed by atoms with Gasteiger partial charge in [0.2, 0.25) is 5.91 Å². The molecule has 0 aromatic heterocycles. The smallest absolute Gasteiger partial charge is 0.308 e. The highest BCUT2D eigenvalue weighted by Gasteiger charge is 2.27. The van der Waals surface area contributed by atoms with E-state index in [2.05, 4.69) is 32.0 Å². The summed E-state index contributed by atoms with van der Waals surface area (Å²) in [6, 6.07) is 12.0. The van der Waals surface area contributed by atoms with Crippen molar-refractivity contribution in [3.63, 3.8) is 0 Å². The number of esters is 2. The molecule has 3 rings (SSSR count). The molecule has 1 aliphatic carbocycles. The second kappa shape index (κ2) is 12.0. The molecule has 188 valence electrons. The van der Waals surface area contributed by atoms with E-state index in [1.807, 2.05) is 4.90 Å². The highest BCUT2D eigenvalue weighted by molar-refractivity contribution is 5.75. The largest absolute Gasteiger partial charge is 0.423 e. The van der Waals surface area contributed by atoms with Crippen LogP contribution >= 0.6 is 0 Å². The van der Waals surface area contributed by atoms with Gasteiger partial charge in [-0.1, -0.05) is 24.3 Å². The lowest BCUT2D eigenvalue weighted by Gasteiger charge is -2.36. The molecule has 35 heavy (non-hydrogen) atoms. The summed E-state index contributed by atoms with van der Waals surface area (Å²) in [5, 5.41) is 0. The van der Waals surface area contributed by atoms with Gasteiger partial charge in [-0.15, -0.1) is 0 Å². The summed E-state index contributed by atoms with van der Waals surface area (Å²) in [6.07, 6.45) is 6.48. The van der Waals surface area contributed by atoms with E-state index in [9.17, 15) is 14.4 Å². The Kier molecular flexibility index (Phi) is 9.07. The van der Waals surface area contributed by atoms with Crippen molar-refractivity contribution in [3.8, 4) is 11.5 Å². The molecule has 1 aliphatic rings. The third kappa shape index (κ3) is 7.67. The molecule has 2 aromatic carbocycles. The number of rotatable bonds is 8.